The normalized spacial score (nSPS) is 11.5. The maximum Gasteiger partial charge on any atom is 0.264 e. The van der Waals surface area contributed by atoms with Gasteiger partial charge in [0, 0.05) is 44.0 Å². The molecule has 0 saturated heterocycles. The number of halogens is 1. The van der Waals surface area contributed by atoms with Gasteiger partial charge < -0.3 is 4.90 Å². The number of hydrogen-bond acceptors (Lipinski definition) is 4. The van der Waals surface area contributed by atoms with E-state index >= 15 is 0 Å². The summed E-state index contributed by atoms with van der Waals surface area (Å²) in [6.07, 6.45) is 3.08. The molecule has 2 aromatic carbocycles. The van der Waals surface area contributed by atoms with Crippen molar-refractivity contribution in [3.8, 4) is 0 Å². The lowest BCUT2D eigenvalue weighted by Crippen LogP contribution is -2.26. The fourth-order valence-corrected chi connectivity index (χ4v) is 3.58. The molecule has 0 aliphatic heterocycles. The smallest absolute Gasteiger partial charge is 0.264 e. The van der Waals surface area contributed by atoms with Gasteiger partial charge in [-0.2, -0.15) is 0 Å². The van der Waals surface area contributed by atoms with E-state index in [4.69, 9.17) is 11.6 Å². The summed E-state index contributed by atoms with van der Waals surface area (Å²) in [4.78, 5) is 14.0. The Labute approximate surface area is 153 Å². The van der Waals surface area contributed by atoms with Crippen LogP contribution in [0.2, 0.25) is 5.02 Å². The van der Waals surface area contributed by atoms with Gasteiger partial charge in [-0.25, -0.2) is 8.42 Å². The second kappa shape index (κ2) is 7.72. The number of sulfonamides is 1. The van der Waals surface area contributed by atoms with Crippen LogP contribution in [0.4, 0.5) is 5.69 Å². The summed E-state index contributed by atoms with van der Waals surface area (Å²) in [5.74, 6) is -0.205. The zero-order valence-electron chi connectivity index (χ0n) is 14.2. The van der Waals surface area contributed by atoms with E-state index in [0.717, 1.165) is 4.31 Å². The molecule has 2 aromatic rings. The predicted octanol–water partition coefficient (Wildman–Crippen LogP) is 3.42. The minimum absolute atomic E-state index is 0.0896. The van der Waals surface area contributed by atoms with Crippen molar-refractivity contribution < 1.29 is 13.2 Å². The summed E-state index contributed by atoms with van der Waals surface area (Å²) >= 11 is 5.89. The van der Waals surface area contributed by atoms with E-state index in [0.29, 0.717) is 16.3 Å². The molecule has 0 fully saturated rings. The Kier molecular flexibility index (Phi) is 5.87. The second-order valence-electron chi connectivity index (χ2n) is 5.62. The van der Waals surface area contributed by atoms with E-state index in [1.165, 1.54) is 25.3 Å². The van der Waals surface area contributed by atoms with Crippen molar-refractivity contribution in [3.05, 3.63) is 71.4 Å². The van der Waals surface area contributed by atoms with Crippen molar-refractivity contribution in [1.29, 1.82) is 0 Å². The highest BCUT2D eigenvalue weighted by Gasteiger charge is 2.22. The largest absolute Gasteiger partial charge is 0.383 e. The van der Waals surface area contributed by atoms with E-state index in [2.05, 4.69) is 0 Å². The van der Waals surface area contributed by atoms with Crippen LogP contribution in [0.15, 0.2) is 65.7 Å². The Morgan fingerprint density at radius 1 is 1.04 bits per heavy atom. The highest BCUT2D eigenvalue weighted by molar-refractivity contribution is 7.92. The molecule has 0 amide bonds. The minimum Gasteiger partial charge on any atom is -0.383 e. The third kappa shape index (κ3) is 4.61. The van der Waals surface area contributed by atoms with Crippen molar-refractivity contribution in [2.45, 2.75) is 4.90 Å². The van der Waals surface area contributed by atoms with E-state index in [1.54, 1.807) is 47.5 Å². The van der Waals surface area contributed by atoms with Gasteiger partial charge >= 0.3 is 0 Å². The fourth-order valence-electron chi connectivity index (χ4n) is 2.09. The summed E-state index contributed by atoms with van der Waals surface area (Å²) in [6.45, 7) is 0. The number of hydrogen-bond donors (Lipinski definition) is 0. The van der Waals surface area contributed by atoms with Gasteiger partial charge in [0.15, 0.2) is 5.78 Å². The topological polar surface area (TPSA) is 57.7 Å². The van der Waals surface area contributed by atoms with Crippen molar-refractivity contribution in [2.24, 2.45) is 0 Å². The van der Waals surface area contributed by atoms with Crippen LogP contribution in [0, 0.1) is 0 Å². The van der Waals surface area contributed by atoms with Crippen molar-refractivity contribution >= 4 is 33.1 Å². The minimum atomic E-state index is -3.77. The SMILES string of the molecule is CN(C)C=CC(=O)c1cccc(N(C)S(=O)(=O)c2cccc(Cl)c2)c1. The van der Waals surface area contributed by atoms with Gasteiger partial charge in [0.2, 0.25) is 0 Å². The lowest BCUT2D eigenvalue weighted by molar-refractivity contribution is 0.104. The third-order valence-electron chi connectivity index (χ3n) is 3.47. The molecule has 0 heterocycles. The lowest BCUT2D eigenvalue weighted by Gasteiger charge is -2.20. The number of ketones is 1. The van der Waals surface area contributed by atoms with Gasteiger partial charge in [-0.15, -0.1) is 0 Å². The Bertz CT molecular complexity index is 908. The monoisotopic (exact) mass is 378 g/mol. The number of benzene rings is 2. The van der Waals surface area contributed by atoms with Gasteiger partial charge in [0.05, 0.1) is 10.6 Å². The molecule has 5 nitrogen and oxygen atoms in total. The molecule has 25 heavy (non-hydrogen) atoms. The molecule has 0 aliphatic carbocycles. The van der Waals surface area contributed by atoms with Crippen LogP contribution in [0.3, 0.4) is 0 Å². The number of allylic oxidation sites excluding steroid dienone is 1. The van der Waals surface area contributed by atoms with Crippen LogP contribution < -0.4 is 4.31 Å². The number of nitrogens with zero attached hydrogens (tertiary/aromatic N) is 2. The molecule has 0 saturated carbocycles. The Balaban J connectivity index is 2.35. The van der Waals surface area contributed by atoms with Crippen LogP contribution in [0.1, 0.15) is 10.4 Å². The van der Waals surface area contributed by atoms with Crippen LogP contribution in [-0.4, -0.2) is 40.2 Å². The summed E-state index contributed by atoms with van der Waals surface area (Å²) in [6, 6.07) is 12.5. The first-order valence-electron chi connectivity index (χ1n) is 7.45. The molecule has 2 rings (SSSR count). The van der Waals surface area contributed by atoms with E-state index in [9.17, 15) is 13.2 Å². The molecule has 0 unspecified atom stereocenters. The first-order chi connectivity index (χ1) is 11.7. The molecule has 0 radical (unpaired) electrons. The number of carbonyl (C=O) groups is 1. The van der Waals surface area contributed by atoms with Crippen LogP contribution in [-0.2, 0) is 10.0 Å². The zero-order valence-corrected chi connectivity index (χ0v) is 15.8. The third-order valence-corrected chi connectivity index (χ3v) is 5.49. The molecule has 0 spiro atoms. The molecule has 0 atom stereocenters. The van der Waals surface area contributed by atoms with E-state index < -0.39 is 10.0 Å². The summed E-state index contributed by atoms with van der Waals surface area (Å²) < 4.78 is 26.6. The van der Waals surface area contributed by atoms with E-state index in [1.807, 2.05) is 14.1 Å². The highest BCUT2D eigenvalue weighted by atomic mass is 35.5. The van der Waals surface area contributed by atoms with Crippen molar-refractivity contribution in [3.63, 3.8) is 0 Å². The van der Waals surface area contributed by atoms with Gasteiger partial charge in [0.25, 0.3) is 10.0 Å². The maximum atomic E-state index is 12.7. The second-order valence-corrected chi connectivity index (χ2v) is 8.03. The molecule has 0 N–H and O–H groups in total. The van der Waals surface area contributed by atoms with Crippen molar-refractivity contribution in [1.82, 2.24) is 4.90 Å². The quantitative estimate of drug-likeness (QED) is 0.571. The maximum absolute atomic E-state index is 12.7. The fraction of sp³-hybridized carbons (Fsp3) is 0.167. The molecular formula is C18H19ClN2O3S. The first-order valence-corrected chi connectivity index (χ1v) is 9.27. The van der Waals surface area contributed by atoms with Gasteiger partial charge in [-0.1, -0.05) is 29.8 Å². The first kappa shape index (κ1) is 19.0. The molecule has 0 aliphatic rings. The lowest BCUT2D eigenvalue weighted by atomic mass is 10.1. The van der Waals surface area contributed by atoms with E-state index in [-0.39, 0.29) is 10.7 Å². The standard InChI is InChI=1S/C18H19ClN2O3S/c1-20(2)11-10-18(22)14-6-4-8-16(12-14)21(3)25(23,24)17-9-5-7-15(19)13-17/h4-13H,1-3H3. The average molecular weight is 379 g/mol. The van der Waals surface area contributed by atoms with Crippen LogP contribution in [0.5, 0.6) is 0 Å². The average Bonchev–Trinajstić information content (AvgIpc) is 2.59. The Hall–Kier alpha value is -2.31. The molecule has 132 valence electrons. The number of rotatable bonds is 6. The summed E-state index contributed by atoms with van der Waals surface area (Å²) in [5.41, 5.74) is 0.799. The molecular weight excluding hydrogens is 360 g/mol. The predicted molar refractivity (Wildman–Crippen MR) is 101 cm³/mol. The van der Waals surface area contributed by atoms with Crippen LogP contribution >= 0.6 is 11.6 Å². The molecule has 7 heteroatoms. The molecule has 0 aromatic heterocycles. The van der Waals surface area contributed by atoms with Crippen molar-refractivity contribution in [2.75, 3.05) is 25.4 Å². The van der Waals surface area contributed by atoms with Crippen LogP contribution in [0.25, 0.3) is 0 Å². The highest BCUT2D eigenvalue weighted by Crippen LogP contribution is 2.24. The number of carbonyl (C=O) groups excluding carboxylic acids is 1. The van der Waals surface area contributed by atoms with Gasteiger partial charge in [0.1, 0.15) is 0 Å². The number of anilines is 1. The zero-order chi connectivity index (χ0) is 18.6. The summed E-state index contributed by atoms with van der Waals surface area (Å²) in [7, 11) is 1.29. The van der Waals surface area contributed by atoms with Gasteiger partial charge in [-0.05, 0) is 30.3 Å². The Morgan fingerprint density at radius 3 is 2.36 bits per heavy atom. The Morgan fingerprint density at radius 2 is 1.72 bits per heavy atom. The summed E-state index contributed by atoms with van der Waals surface area (Å²) in [5, 5.41) is 0.340. The molecule has 0 bridgehead atoms. The van der Waals surface area contributed by atoms with Gasteiger partial charge in [-0.3, -0.25) is 9.10 Å².